The lowest BCUT2D eigenvalue weighted by Crippen LogP contribution is -2.41. The Hall–Kier alpha value is -1.47. The van der Waals surface area contributed by atoms with Crippen molar-refractivity contribution in [1.29, 1.82) is 0 Å². The van der Waals surface area contributed by atoms with Crippen molar-refractivity contribution in [3.63, 3.8) is 0 Å². The molecule has 20 heavy (non-hydrogen) atoms. The summed E-state index contributed by atoms with van der Waals surface area (Å²) in [6, 6.07) is 4.86. The van der Waals surface area contributed by atoms with E-state index < -0.39 is 28.0 Å². The number of sulfonamides is 1. The zero-order valence-electron chi connectivity index (χ0n) is 11.0. The second-order valence-electron chi connectivity index (χ2n) is 4.99. The summed E-state index contributed by atoms with van der Waals surface area (Å²) in [4.78, 5) is 15.1. The summed E-state index contributed by atoms with van der Waals surface area (Å²) in [5.41, 5.74) is 0.707. The van der Waals surface area contributed by atoms with Gasteiger partial charge in [0.2, 0.25) is 10.0 Å². The Kier molecular flexibility index (Phi) is 4.72. The summed E-state index contributed by atoms with van der Waals surface area (Å²) in [6.45, 7) is 0. The molecule has 110 valence electrons. The average molecular weight is 298 g/mol. The standard InChI is InChI=1S/C13H18N2O4S/c16-13(17)11-5-3-6-12(11)15-20(18,19)9-7-10-4-1-2-8-14-10/h1-2,4,8,11-12,15H,3,5-7,9H2,(H,16,17). The van der Waals surface area contributed by atoms with Crippen molar-refractivity contribution in [2.24, 2.45) is 5.92 Å². The van der Waals surface area contributed by atoms with Gasteiger partial charge in [-0.3, -0.25) is 9.78 Å². The Morgan fingerprint density at radius 3 is 2.85 bits per heavy atom. The van der Waals surface area contributed by atoms with Gasteiger partial charge >= 0.3 is 5.97 Å². The molecule has 1 saturated carbocycles. The molecule has 0 amide bonds. The van der Waals surface area contributed by atoms with Crippen LogP contribution in [0, 0.1) is 5.92 Å². The number of carbonyl (C=O) groups is 1. The zero-order chi connectivity index (χ0) is 14.6. The molecule has 2 unspecified atom stereocenters. The van der Waals surface area contributed by atoms with Crippen LogP contribution in [-0.4, -0.2) is 36.3 Å². The predicted molar refractivity (Wildman–Crippen MR) is 73.6 cm³/mol. The predicted octanol–water partition coefficient (Wildman–Crippen LogP) is 0.797. The van der Waals surface area contributed by atoms with Gasteiger partial charge in [0.15, 0.2) is 0 Å². The molecule has 1 aromatic rings. The molecule has 2 atom stereocenters. The van der Waals surface area contributed by atoms with Crippen LogP contribution in [0.1, 0.15) is 25.0 Å². The minimum absolute atomic E-state index is 0.0765. The van der Waals surface area contributed by atoms with Crippen molar-refractivity contribution in [3.8, 4) is 0 Å². The molecular weight excluding hydrogens is 280 g/mol. The summed E-state index contributed by atoms with van der Waals surface area (Å²) >= 11 is 0. The molecule has 7 heteroatoms. The smallest absolute Gasteiger partial charge is 0.308 e. The molecule has 1 aliphatic rings. The van der Waals surface area contributed by atoms with Gasteiger partial charge < -0.3 is 5.11 Å². The lowest BCUT2D eigenvalue weighted by molar-refractivity contribution is -0.141. The SMILES string of the molecule is O=C(O)C1CCCC1NS(=O)(=O)CCc1ccccn1. The van der Waals surface area contributed by atoms with Gasteiger partial charge in [0.05, 0.1) is 11.7 Å². The third kappa shape index (κ3) is 4.01. The number of aliphatic carboxylic acids is 1. The van der Waals surface area contributed by atoms with E-state index in [0.29, 0.717) is 25.0 Å². The molecule has 2 N–H and O–H groups in total. The number of hydrogen-bond donors (Lipinski definition) is 2. The van der Waals surface area contributed by atoms with Crippen LogP contribution in [0.4, 0.5) is 0 Å². The largest absolute Gasteiger partial charge is 0.481 e. The third-order valence-electron chi connectivity index (χ3n) is 3.52. The van der Waals surface area contributed by atoms with Gasteiger partial charge in [0, 0.05) is 24.4 Å². The molecule has 0 bridgehead atoms. The molecule has 1 heterocycles. The number of carboxylic acid groups (broad SMARTS) is 1. The molecule has 2 rings (SSSR count). The Morgan fingerprint density at radius 2 is 2.20 bits per heavy atom. The van der Waals surface area contributed by atoms with E-state index in [4.69, 9.17) is 5.11 Å². The third-order valence-corrected chi connectivity index (χ3v) is 4.92. The molecule has 0 radical (unpaired) electrons. The number of nitrogens with one attached hydrogen (secondary N) is 1. The molecule has 1 aliphatic carbocycles. The molecule has 1 fully saturated rings. The minimum atomic E-state index is -3.48. The number of aromatic nitrogens is 1. The van der Waals surface area contributed by atoms with Gasteiger partial charge in [-0.25, -0.2) is 13.1 Å². The second-order valence-corrected chi connectivity index (χ2v) is 6.86. The first-order valence-electron chi connectivity index (χ1n) is 6.61. The van der Waals surface area contributed by atoms with E-state index in [9.17, 15) is 13.2 Å². The number of hydrogen-bond acceptors (Lipinski definition) is 4. The molecule has 0 saturated heterocycles. The van der Waals surface area contributed by atoms with Gasteiger partial charge in [0.1, 0.15) is 0 Å². The highest BCUT2D eigenvalue weighted by atomic mass is 32.2. The van der Waals surface area contributed by atoms with Gasteiger partial charge in [-0.15, -0.1) is 0 Å². The van der Waals surface area contributed by atoms with Crippen molar-refractivity contribution in [2.45, 2.75) is 31.7 Å². The van der Waals surface area contributed by atoms with Crippen LogP contribution in [0.25, 0.3) is 0 Å². The van der Waals surface area contributed by atoms with E-state index in [0.717, 1.165) is 6.42 Å². The molecule has 0 spiro atoms. The van der Waals surface area contributed by atoms with E-state index in [1.165, 1.54) is 0 Å². The van der Waals surface area contributed by atoms with Gasteiger partial charge in [-0.05, 0) is 25.0 Å². The van der Waals surface area contributed by atoms with Crippen molar-refractivity contribution >= 4 is 16.0 Å². The monoisotopic (exact) mass is 298 g/mol. The first-order valence-corrected chi connectivity index (χ1v) is 8.26. The average Bonchev–Trinajstić information content (AvgIpc) is 2.85. The molecule has 1 aromatic heterocycles. The normalized spacial score (nSPS) is 22.8. The first kappa shape index (κ1) is 14.9. The van der Waals surface area contributed by atoms with E-state index >= 15 is 0 Å². The quantitative estimate of drug-likeness (QED) is 0.809. The van der Waals surface area contributed by atoms with Gasteiger partial charge in [-0.1, -0.05) is 12.5 Å². The molecule has 0 aromatic carbocycles. The van der Waals surface area contributed by atoms with Crippen LogP contribution in [-0.2, 0) is 21.2 Å². The van der Waals surface area contributed by atoms with Crippen LogP contribution in [0.5, 0.6) is 0 Å². The van der Waals surface area contributed by atoms with E-state index in [-0.39, 0.29) is 5.75 Å². The van der Waals surface area contributed by atoms with Crippen molar-refractivity contribution < 1.29 is 18.3 Å². The molecular formula is C13H18N2O4S. The Bertz CT molecular complexity index is 559. The molecule has 6 nitrogen and oxygen atoms in total. The Labute approximate surface area is 118 Å². The van der Waals surface area contributed by atoms with Crippen LogP contribution < -0.4 is 4.72 Å². The lowest BCUT2D eigenvalue weighted by atomic mass is 10.1. The number of pyridine rings is 1. The van der Waals surface area contributed by atoms with Gasteiger partial charge in [0.25, 0.3) is 0 Å². The number of carboxylic acids is 1. The van der Waals surface area contributed by atoms with Gasteiger partial charge in [-0.2, -0.15) is 0 Å². The summed E-state index contributed by atoms with van der Waals surface area (Å²) in [7, 11) is -3.48. The van der Waals surface area contributed by atoms with Crippen LogP contribution in [0.15, 0.2) is 24.4 Å². The van der Waals surface area contributed by atoms with Crippen LogP contribution >= 0.6 is 0 Å². The summed E-state index contributed by atoms with van der Waals surface area (Å²) in [5, 5.41) is 9.04. The fourth-order valence-electron chi connectivity index (χ4n) is 2.47. The van der Waals surface area contributed by atoms with Crippen molar-refractivity contribution in [1.82, 2.24) is 9.71 Å². The second kappa shape index (κ2) is 6.32. The summed E-state index contributed by atoms with van der Waals surface area (Å²) < 4.78 is 26.5. The number of rotatable bonds is 6. The fraction of sp³-hybridized carbons (Fsp3) is 0.538. The maximum absolute atomic E-state index is 12.0. The van der Waals surface area contributed by atoms with E-state index in [1.807, 2.05) is 0 Å². The highest BCUT2D eigenvalue weighted by Gasteiger charge is 2.35. The maximum atomic E-state index is 12.0. The van der Waals surface area contributed by atoms with E-state index in [2.05, 4.69) is 9.71 Å². The fourth-order valence-corrected chi connectivity index (χ4v) is 3.81. The Morgan fingerprint density at radius 1 is 1.40 bits per heavy atom. The highest BCUT2D eigenvalue weighted by molar-refractivity contribution is 7.89. The first-order chi connectivity index (χ1) is 9.48. The summed E-state index contributed by atoms with van der Waals surface area (Å²) in [6.07, 6.45) is 3.79. The number of aryl methyl sites for hydroxylation is 1. The van der Waals surface area contributed by atoms with Crippen molar-refractivity contribution in [3.05, 3.63) is 30.1 Å². The van der Waals surface area contributed by atoms with Crippen molar-refractivity contribution in [2.75, 3.05) is 5.75 Å². The van der Waals surface area contributed by atoms with Crippen LogP contribution in [0.2, 0.25) is 0 Å². The highest BCUT2D eigenvalue weighted by Crippen LogP contribution is 2.26. The maximum Gasteiger partial charge on any atom is 0.308 e. The summed E-state index contributed by atoms with van der Waals surface area (Å²) in [5.74, 6) is -1.62. The minimum Gasteiger partial charge on any atom is -0.481 e. The van der Waals surface area contributed by atoms with E-state index in [1.54, 1.807) is 24.4 Å². The topological polar surface area (TPSA) is 96.4 Å². The van der Waals surface area contributed by atoms with Crippen LogP contribution in [0.3, 0.4) is 0 Å². The molecule has 0 aliphatic heterocycles. The zero-order valence-corrected chi connectivity index (χ0v) is 11.8. The lowest BCUT2D eigenvalue weighted by Gasteiger charge is -2.17. The number of nitrogens with zero attached hydrogens (tertiary/aromatic N) is 1. The Balaban J connectivity index is 1.92.